The molecule has 0 saturated carbocycles. The summed E-state index contributed by atoms with van der Waals surface area (Å²) in [4.78, 5) is 22.0. The van der Waals surface area contributed by atoms with Gasteiger partial charge in [0, 0.05) is 6.04 Å². The van der Waals surface area contributed by atoms with Gasteiger partial charge in [0.05, 0.1) is 12.1 Å². The van der Waals surface area contributed by atoms with Crippen LogP contribution in [0, 0.1) is 28.6 Å². The quantitative estimate of drug-likeness (QED) is 0.655. The molecule has 0 aliphatic heterocycles. The van der Waals surface area contributed by atoms with E-state index < -0.39 is 11.8 Å². The second-order valence-corrected chi connectivity index (χ2v) is 3.67. The summed E-state index contributed by atoms with van der Waals surface area (Å²) in [5.74, 6) is -1.81. The number of hydrogen-bond acceptors (Lipinski definition) is 4. The molecule has 2 amide bonds. The molecule has 2 atom stereocenters. The van der Waals surface area contributed by atoms with E-state index in [-0.39, 0.29) is 18.4 Å². The third kappa shape index (κ3) is 6.16. The zero-order valence-electron chi connectivity index (χ0n) is 9.77. The van der Waals surface area contributed by atoms with Crippen LogP contribution in [0.25, 0.3) is 0 Å². The smallest absolute Gasteiger partial charge is 0.234 e. The second kappa shape index (κ2) is 8.12. The average Bonchev–Trinajstić information content (AvgIpc) is 2.28. The minimum Gasteiger partial charge on any atom is -0.369 e. The van der Waals surface area contributed by atoms with Crippen LogP contribution in [0.5, 0.6) is 0 Å². The molecular formula is C11H16N4O2. The van der Waals surface area contributed by atoms with Gasteiger partial charge < -0.3 is 11.1 Å². The van der Waals surface area contributed by atoms with E-state index in [1.807, 2.05) is 13.0 Å². The standard InChI is InChI=1S/C11H16N4O2/c1-2-9(15-10(16)5-6-12)4-3-8(7-13)11(14)17/h8-9H,2-5H2,1H3,(H2,14,17)(H,15,16). The maximum atomic E-state index is 11.2. The predicted molar refractivity (Wildman–Crippen MR) is 60.0 cm³/mol. The number of nitrogens with one attached hydrogen (secondary N) is 1. The molecule has 0 aromatic rings. The molecule has 17 heavy (non-hydrogen) atoms. The average molecular weight is 236 g/mol. The van der Waals surface area contributed by atoms with Crippen molar-refractivity contribution in [3.8, 4) is 12.1 Å². The van der Waals surface area contributed by atoms with Gasteiger partial charge in [-0.3, -0.25) is 9.59 Å². The van der Waals surface area contributed by atoms with Crippen LogP contribution < -0.4 is 11.1 Å². The van der Waals surface area contributed by atoms with E-state index in [2.05, 4.69) is 5.32 Å². The lowest BCUT2D eigenvalue weighted by Crippen LogP contribution is -2.35. The maximum absolute atomic E-state index is 11.2. The summed E-state index contributed by atoms with van der Waals surface area (Å²) in [7, 11) is 0. The molecule has 0 rings (SSSR count). The van der Waals surface area contributed by atoms with Crippen molar-refractivity contribution in [3.63, 3.8) is 0 Å². The van der Waals surface area contributed by atoms with Gasteiger partial charge in [-0.15, -0.1) is 0 Å². The van der Waals surface area contributed by atoms with Gasteiger partial charge in [-0.2, -0.15) is 10.5 Å². The summed E-state index contributed by atoms with van der Waals surface area (Å²) in [5, 5.41) is 19.7. The van der Waals surface area contributed by atoms with Crippen molar-refractivity contribution in [1.82, 2.24) is 5.32 Å². The van der Waals surface area contributed by atoms with Crippen LogP contribution in [0.1, 0.15) is 32.6 Å². The summed E-state index contributed by atoms with van der Waals surface area (Å²) in [6.07, 6.45) is 1.30. The summed E-state index contributed by atoms with van der Waals surface area (Å²) in [6.45, 7) is 1.88. The topological polar surface area (TPSA) is 120 Å². The Labute approximate surface area is 100 Å². The lowest BCUT2D eigenvalue weighted by Gasteiger charge is -2.16. The Kier molecular flexibility index (Phi) is 7.12. The molecule has 0 aromatic carbocycles. The van der Waals surface area contributed by atoms with Crippen LogP contribution in [-0.4, -0.2) is 17.9 Å². The minimum atomic E-state index is -0.822. The Morgan fingerprint density at radius 2 is 2.00 bits per heavy atom. The lowest BCUT2D eigenvalue weighted by molar-refractivity contribution is -0.120. The Bertz CT molecular complexity index is 353. The van der Waals surface area contributed by atoms with Crippen molar-refractivity contribution < 1.29 is 9.59 Å². The molecule has 0 fully saturated rings. The molecule has 0 bridgehead atoms. The zero-order chi connectivity index (χ0) is 13.3. The largest absolute Gasteiger partial charge is 0.369 e. The van der Waals surface area contributed by atoms with Gasteiger partial charge in [-0.25, -0.2) is 0 Å². The number of nitriles is 2. The van der Waals surface area contributed by atoms with Crippen molar-refractivity contribution >= 4 is 11.8 Å². The highest BCUT2D eigenvalue weighted by Gasteiger charge is 2.17. The summed E-state index contributed by atoms with van der Waals surface area (Å²) in [6, 6.07) is 3.44. The van der Waals surface area contributed by atoms with E-state index in [1.165, 1.54) is 0 Å². The van der Waals surface area contributed by atoms with Gasteiger partial charge in [-0.05, 0) is 19.3 Å². The summed E-state index contributed by atoms with van der Waals surface area (Å²) >= 11 is 0. The van der Waals surface area contributed by atoms with Crippen LogP contribution in [0.2, 0.25) is 0 Å². The Balaban J connectivity index is 4.15. The molecule has 0 aromatic heterocycles. The van der Waals surface area contributed by atoms with Gasteiger partial charge in [-0.1, -0.05) is 6.92 Å². The molecule has 6 heteroatoms. The monoisotopic (exact) mass is 236 g/mol. The fourth-order valence-electron chi connectivity index (χ4n) is 1.37. The van der Waals surface area contributed by atoms with Gasteiger partial charge in [0.25, 0.3) is 0 Å². The Morgan fingerprint density at radius 1 is 1.35 bits per heavy atom. The van der Waals surface area contributed by atoms with E-state index in [0.29, 0.717) is 19.3 Å². The number of hydrogen-bond donors (Lipinski definition) is 2. The first-order valence-corrected chi connectivity index (χ1v) is 5.40. The molecule has 6 nitrogen and oxygen atoms in total. The van der Waals surface area contributed by atoms with Crippen LogP contribution in [0.15, 0.2) is 0 Å². The molecule has 0 aliphatic rings. The molecule has 3 N–H and O–H groups in total. The minimum absolute atomic E-state index is 0.133. The first kappa shape index (κ1) is 14.9. The number of carbonyl (C=O) groups is 2. The van der Waals surface area contributed by atoms with Crippen molar-refractivity contribution in [2.75, 3.05) is 0 Å². The van der Waals surface area contributed by atoms with Crippen LogP contribution in [0.4, 0.5) is 0 Å². The zero-order valence-corrected chi connectivity index (χ0v) is 9.77. The van der Waals surface area contributed by atoms with Gasteiger partial charge in [0.15, 0.2) is 0 Å². The number of nitrogens with zero attached hydrogens (tertiary/aromatic N) is 2. The van der Waals surface area contributed by atoms with Crippen LogP contribution in [0.3, 0.4) is 0 Å². The molecule has 2 unspecified atom stereocenters. The van der Waals surface area contributed by atoms with E-state index >= 15 is 0 Å². The maximum Gasteiger partial charge on any atom is 0.234 e. The van der Waals surface area contributed by atoms with E-state index in [4.69, 9.17) is 16.3 Å². The highest BCUT2D eigenvalue weighted by molar-refractivity contribution is 5.79. The molecular weight excluding hydrogens is 220 g/mol. The van der Waals surface area contributed by atoms with E-state index in [9.17, 15) is 9.59 Å². The highest BCUT2D eigenvalue weighted by atomic mass is 16.2. The van der Waals surface area contributed by atoms with Gasteiger partial charge in [0.2, 0.25) is 11.8 Å². The summed E-state index contributed by atoms with van der Waals surface area (Å²) in [5.41, 5.74) is 5.03. The lowest BCUT2D eigenvalue weighted by atomic mass is 9.99. The second-order valence-electron chi connectivity index (χ2n) is 3.67. The number of rotatable bonds is 7. The van der Waals surface area contributed by atoms with Crippen molar-refractivity contribution in [3.05, 3.63) is 0 Å². The molecule has 0 radical (unpaired) electrons. The first-order chi connectivity index (χ1) is 8.04. The third-order valence-electron chi connectivity index (χ3n) is 2.40. The van der Waals surface area contributed by atoms with E-state index in [1.54, 1.807) is 6.07 Å². The molecule has 92 valence electrons. The first-order valence-electron chi connectivity index (χ1n) is 5.40. The van der Waals surface area contributed by atoms with Crippen molar-refractivity contribution in [2.45, 2.75) is 38.6 Å². The number of nitrogens with two attached hydrogens (primary N) is 1. The fourth-order valence-corrected chi connectivity index (χ4v) is 1.37. The van der Waals surface area contributed by atoms with Crippen LogP contribution >= 0.6 is 0 Å². The predicted octanol–water partition coefficient (Wildman–Crippen LogP) is 0.200. The van der Waals surface area contributed by atoms with Crippen LogP contribution in [-0.2, 0) is 9.59 Å². The molecule has 0 spiro atoms. The molecule has 0 saturated heterocycles. The Hall–Kier alpha value is -2.08. The van der Waals surface area contributed by atoms with E-state index in [0.717, 1.165) is 0 Å². The third-order valence-corrected chi connectivity index (χ3v) is 2.40. The summed E-state index contributed by atoms with van der Waals surface area (Å²) < 4.78 is 0. The number of amides is 2. The SMILES string of the molecule is CCC(CCC(C#N)C(N)=O)NC(=O)CC#N. The number of primary amides is 1. The number of carbonyl (C=O) groups excluding carboxylic acids is 2. The molecule has 0 heterocycles. The molecule has 0 aliphatic carbocycles. The normalized spacial score (nSPS) is 12.9. The van der Waals surface area contributed by atoms with Gasteiger partial charge >= 0.3 is 0 Å². The Morgan fingerprint density at radius 3 is 2.41 bits per heavy atom. The highest BCUT2D eigenvalue weighted by Crippen LogP contribution is 2.09. The van der Waals surface area contributed by atoms with Gasteiger partial charge in [0.1, 0.15) is 12.3 Å². The van der Waals surface area contributed by atoms with Crippen molar-refractivity contribution in [1.29, 1.82) is 10.5 Å². The van der Waals surface area contributed by atoms with Crippen molar-refractivity contribution in [2.24, 2.45) is 11.7 Å². The fraction of sp³-hybridized carbons (Fsp3) is 0.636.